The number of carbonyl (C=O) groups excluding carboxylic acids is 4. The normalized spacial score (nSPS) is 18.9. The highest BCUT2D eigenvalue weighted by Gasteiger charge is 2.37. The van der Waals surface area contributed by atoms with E-state index < -0.39 is 17.7 Å². The third-order valence-corrected chi connectivity index (χ3v) is 16.4. The lowest BCUT2D eigenvalue weighted by Gasteiger charge is -2.28. The Kier molecular flexibility index (Phi) is 15.9. The lowest BCUT2D eigenvalue weighted by Crippen LogP contribution is -2.43. The van der Waals surface area contributed by atoms with Crippen molar-refractivity contribution >= 4 is 45.6 Å². The number of ether oxygens (including phenoxy) is 2. The van der Waals surface area contributed by atoms with Crippen LogP contribution < -0.4 is 10.6 Å². The number of aromatic amines is 4. The summed E-state index contributed by atoms with van der Waals surface area (Å²) in [7, 11) is 0. The summed E-state index contributed by atoms with van der Waals surface area (Å²) >= 11 is 0. The predicted molar refractivity (Wildman–Crippen MR) is 322 cm³/mol. The second-order valence-corrected chi connectivity index (χ2v) is 23.5. The van der Waals surface area contributed by atoms with Gasteiger partial charge in [0.25, 0.3) is 0 Å². The van der Waals surface area contributed by atoms with Gasteiger partial charge in [0.05, 0.1) is 47.9 Å². The Balaban J connectivity index is 0.000000178. The number of rotatable bonds is 14. The molecule has 0 bridgehead atoms. The minimum Gasteiger partial charge on any atom is -0.445 e. The molecule has 6 N–H and O–H groups in total. The first-order valence-corrected chi connectivity index (χ1v) is 29.4. The number of hydrogen-bond donors (Lipinski definition) is 6. The molecule has 16 heteroatoms. The Morgan fingerprint density at radius 3 is 1.67 bits per heavy atom. The van der Waals surface area contributed by atoms with Crippen molar-refractivity contribution in [1.29, 1.82) is 0 Å². The molecule has 1 unspecified atom stereocenters. The number of imidazole rings is 2. The molecule has 16 nitrogen and oxygen atoms in total. The quantitative estimate of drug-likeness (QED) is 0.0607. The lowest BCUT2D eigenvalue weighted by molar-refractivity contribution is -0.122. The van der Waals surface area contributed by atoms with Gasteiger partial charge in [-0.25, -0.2) is 19.6 Å². The fourth-order valence-electron chi connectivity index (χ4n) is 12.1. The predicted octanol–water partition coefficient (Wildman–Crippen LogP) is 12.7. The first kappa shape index (κ1) is 55.0. The Bertz CT molecular complexity index is 3750. The van der Waals surface area contributed by atoms with Crippen LogP contribution in [-0.4, -0.2) is 107 Å². The molecule has 426 valence electrons. The van der Waals surface area contributed by atoms with E-state index in [1.54, 1.807) is 9.80 Å². The molecule has 83 heavy (non-hydrogen) atoms. The van der Waals surface area contributed by atoms with Crippen LogP contribution in [0.2, 0.25) is 0 Å². The number of carbonyl (C=O) groups is 4. The van der Waals surface area contributed by atoms with Crippen LogP contribution in [0.5, 0.6) is 0 Å². The third kappa shape index (κ3) is 12.7. The number of amides is 2. The van der Waals surface area contributed by atoms with Crippen molar-refractivity contribution in [3.8, 4) is 45.0 Å². The monoisotopic (exact) mass is 1110 g/mol. The van der Waals surface area contributed by atoms with E-state index in [1.807, 2.05) is 81.7 Å². The van der Waals surface area contributed by atoms with Crippen molar-refractivity contribution in [2.24, 2.45) is 0 Å². The molecule has 9 aromatic rings. The first-order valence-electron chi connectivity index (χ1n) is 29.4. The van der Waals surface area contributed by atoms with E-state index >= 15 is 0 Å². The highest BCUT2D eigenvalue weighted by atomic mass is 16.6. The van der Waals surface area contributed by atoms with Gasteiger partial charge in [0.15, 0.2) is 11.6 Å². The van der Waals surface area contributed by atoms with Crippen LogP contribution in [0.4, 0.5) is 9.59 Å². The molecule has 4 atom stereocenters. The molecular formula is C67H72N10O6. The van der Waals surface area contributed by atoms with Gasteiger partial charge in [-0.3, -0.25) is 19.4 Å². The zero-order chi connectivity index (χ0) is 57.0. The smallest absolute Gasteiger partial charge is 0.410 e. The first-order chi connectivity index (χ1) is 40.3. The molecule has 13 rings (SSSR count). The topological polar surface area (TPSA) is 206 Å². The van der Waals surface area contributed by atoms with Crippen molar-refractivity contribution in [2.75, 3.05) is 26.2 Å². The van der Waals surface area contributed by atoms with E-state index in [2.05, 4.69) is 119 Å². The number of likely N-dealkylation sites (tertiary alicyclic amines) is 2. The number of hydrogen-bond acceptors (Lipinski definition) is 10. The number of nitrogens with one attached hydrogen (secondary N) is 6. The van der Waals surface area contributed by atoms with Crippen LogP contribution in [0.3, 0.4) is 0 Å². The SMILES string of the molecule is CC(C)(C)OC(=O)N1CCCC1C(=O)Cc1ccc2[nH]c(-c3ccc(-c4cnc([C@@H]5CCCN5C(=O)OCc5ccccc5)[nH]4)cc3)cc2c1.O=C(Cc1ccc2[nH]c(-c3ccc(-c4cnc([C@@H]5CCCN5)[nH]4)cc3)cc2c1)[C@@H]1CCCN1. The van der Waals surface area contributed by atoms with E-state index in [1.165, 1.54) is 6.42 Å². The largest absolute Gasteiger partial charge is 0.445 e. The van der Waals surface area contributed by atoms with Crippen molar-refractivity contribution in [3.63, 3.8) is 0 Å². The number of aromatic nitrogens is 6. The fourth-order valence-corrected chi connectivity index (χ4v) is 12.1. The van der Waals surface area contributed by atoms with Crippen LogP contribution in [-0.2, 0) is 38.5 Å². The average Bonchev–Trinajstić information content (AvgIpc) is 4.54. The van der Waals surface area contributed by atoms with E-state index in [0.717, 1.165) is 147 Å². The van der Waals surface area contributed by atoms with Crippen molar-refractivity contribution < 1.29 is 28.7 Å². The van der Waals surface area contributed by atoms with Crippen LogP contribution in [0.15, 0.2) is 140 Å². The molecule has 4 fully saturated rings. The highest BCUT2D eigenvalue weighted by molar-refractivity contribution is 5.93. The molecule has 0 aliphatic carbocycles. The molecular weight excluding hydrogens is 1040 g/mol. The van der Waals surface area contributed by atoms with E-state index in [0.29, 0.717) is 37.8 Å². The molecule has 0 saturated carbocycles. The summed E-state index contributed by atoms with van der Waals surface area (Å²) < 4.78 is 11.2. The summed E-state index contributed by atoms with van der Waals surface area (Å²) in [5.74, 6) is 2.11. The van der Waals surface area contributed by atoms with Crippen LogP contribution in [0.25, 0.3) is 66.8 Å². The molecule has 8 heterocycles. The molecule has 4 aliphatic heterocycles. The van der Waals surface area contributed by atoms with Gasteiger partial charge in [0, 0.05) is 59.1 Å². The maximum atomic E-state index is 13.3. The second kappa shape index (κ2) is 24.1. The minimum atomic E-state index is -0.605. The van der Waals surface area contributed by atoms with Gasteiger partial charge in [-0.15, -0.1) is 0 Å². The average molecular weight is 1110 g/mol. The standard InChI is InChI=1S/C40H43N5O5.C27H29N5O/c1-40(2,3)50-39(48)44-19-7-11-34(44)36(46)22-27-13-18-31-30(21-27)23-32(42-31)28-14-16-29(17-15-28)33-24-41-37(43-33)35-12-8-20-45(35)38(47)49-25-26-9-5-4-6-10-26;33-26(22-3-1-11-28-22)14-17-5-10-21-20(13-17)15-24(31-21)18-6-8-19(9-7-18)25-16-30-27(32-25)23-4-2-12-29-23/h4-6,9-10,13-18,21,23-24,34-35,42H,7-8,11-12,19-20,22,25H2,1-3H3,(H,41,43);5-10,13,15-16,22-23,28-29,31H,1-4,11-12,14H2,(H,30,32)/t34?,35-;22-,23-/m00/s1. The number of fused-ring (bicyclic) bond motifs is 2. The fraction of sp³-hybridized carbons (Fsp3) is 0.343. The zero-order valence-electron chi connectivity index (χ0n) is 47.4. The van der Waals surface area contributed by atoms with Crippen LogP contribution in [0, 0.1) is 0 Å². The number of Topliss-reactive ketones (excluding diaryl/α,β-unsaturated/α-hetero) is 2. The molecule has 0 spiro atoms. The molecule has 4 saturated heterocycles. The van der Waals surface area contributed by atoms with E-state index in [-0.39, 0.29) is 37.0 Å². The summed E-state index contributed by atoms with van der Waals surface area (Å²) in [4.78, 5) is 78.0. The molecule has 4 aromatic heterocycles. The van der Waals surface area contributed by atoms with Gasteiger partial charge in [0.2, 0.25) is 0 Å². The van der Waals surface area contributed by atoms with Gasteiger partial charge < -0.3 is 40.0 Å². The molecule has 2 amide bonds. The van der Waals surface area contributed by atoms with Crippen molar-refractivity contribution in [1.82, 2.24) is 50.3 Å². The highest BCUT2D eigenvalue weighted by Crippen LogP contribution is 2.35. The van der Waals surface area contributed by atoms with Gasteiger partial charge >= 0.3 is 12.2 Å². The summed E-state index contributed by atoms with van der Waals surface area (Å²) in [5.41, 5.74) is 12.7. The van der Waals surface area contributed by atoms with Crippen molar-refractivity contribution in [2.45, 2.75) is 121 Å². The molecule has 4 aliphatic rings. The van der Waals surface area contributed by atoms with E-state index in [9.17, 15) is 19.2 Å². The van der Waals surface area contributed by atoms with Crippen LogP contribution >= 0.6 is 0 Å². The number of ketones is 2. The Morgan fingerprint density at radius 1 is 0.530 bits per heavy atom. The maximum Gasteiger partial charge on any atom is 0.410 e. The molecule has 0 radical (unpaired) electrons. The summed E-state index contributed by atoms with van der Waals surface area (Å²) in [6.07, 6.45) is 11.3. The van der Waals surface area contributed by atoms with Gasteiger partial charge in [-0.1, -0.05) is 91.0 Å². The second-order valence-electron chi connectivity index (χ2n) is 23.5. The number of H-pyrrole nitrogens is 4. The Labute approximate surface area is 483 Å². The summed E-state index contributed by atoms with van der Waals surface area (Å²) in [5, 5.41) is 8.96. The Hall–Kier alpha value is -8.60. The van der Waals surface area contributed by atoms with Crippen molar-refractivity contribution in [3.05, 3.63) is 168 Å². The number of benzene rings is 5. The van der Waals surface area contributed by atoms with Gasteiger partial charge in [0.1, 0.15) is 23.9 Å². The van der Waals surface area contributed by atoms with Gasteiger partial charge in [-0.2, -0.15) is 0 Å². The number of nitrogens with zero attached hydrogens (tertiary/aromatic N) is 4. The maximum absolute atomic E-state index is 13.3. The summed E-state index contributed by atoms with van der Waals surface area (Å²) in [6.45, 7) is 8.94. The lowest BCUT2D eigenvalue weighted by atomic mass is 10.0. The zero-order valence-corrected chi connectivity index (χ0v) is 47.4. The Morgan fingerprint density at radius 2 is 1.08 bits per heavy atom. The minimum absolute atomic E-state index is 0.0291. The van der Waals surface area contributed by atoms with E-state index in [4.69, 9.17) is 9.47 Å². The van der Waals surface area contributed by atoms with Gasteiger partial charge in [-0.05, 0) is 161 Å². The summed E-state index contributed by atoms with van der Waals surface area (Å²) in [6, 6.07) is 42.9. The third-order valence-electron chi connectivity index (χ3n) is 16.4. The molecule has 5 aromatic carbocycles. The van der Waals surface area contributed by atoms with Crippen LogP contribution in [0.1, 0.15) is 113 Å².